The summed E-state index contributed by atoms with van der Waals surface area (Å²) in [4.78, 5) is 21.1. The summed E-state index contributed by atoms with van der Waals surface area (Å²) in [6.07, 6.45) is 8.63. The van der Waals surface area contributed by atoms with E-state index in [1.807, 2.05) is 6.20 Å². The first-order valence-electron chi connectivity index (χ1n) is 14.3. The molecule has 0 bridgehead atoms. The van der Waals surface area contributed by atoms with Crippen LogP contribution in [0.15, 0.2) is 30.5 Å². The summed E-state index contributed by atoms with van der Waals surface area (Å²) in [5, 5.41) is 13.4. The fourth-order valence-electron chi connectivity index (χ4n) is 6.51. The van der Waals surface area contributed by atoms with E-state index in [-0.39, 0.29) is 0 Å². The lowest BCUT2D eigenvalue weighted by atomic mass is 9.87. The number of amides is 1. The first-order chi connectivity index (χ1) is 18.5. The second kappa shape index (κ2) is 10.5. The molecule has 200 valence electrons. The van der Waals surface area contributed by atoms with Gasteiger partial charge in [-0.1, -0.05) is 26.3 Å². The van der Waals surface area contributed by atoms with E-state index in [9.17, 15) is 4.79 Å². The van der Waals surface area contributed by atoms with E-state index in [1.54, 1.807) is 4.52 Å². The van der Waals surface area contributed by atoms with E-state index >= 15 is 0 Å². The number of rotatable bonds is 6. The third kappa shape index (κ3) is 4.82. The monoisotopic (exact) mass is 513 g/mol. The van der Waals surface area contributed by atoms with E-state index in [2.05, 4.69) is 75.3 Å². The SMILES string of the molecule is Cc1cc(-c2[nH]c3ccc(C4CCN(C(=O)CCN5CCCCC5)CC4)cc3c2C(C)C)cn2nnnc12. The van der Waals surface area contributed by atoms with Crippen LogP contribution in [0.1, 0.15) is 80.9 Å². The minimum Gasteiger partial charge on any atom is -0.354 e. The number of hydrogen-bond donors (Lipinski definition) is 1. The number of carbonyl (C=O) groups is 1. The van der Waals surface area contributed by atoms with E-state index in [4.69, 9.17) is 0 Å². The summed E-state index contributed by atoms with van der Waals surface area (Å²) in [5.41, 5.74) is 7.96. The number of aromatic nitrogens is 5. The van der Waals surface area contributed by atoms with Crippen molar-refractivity contribution in [2.24, 2.45) is 0 Å². The molecule has 0 spiro atoms. The molecule has 38 heavy (non-hydrogen) atoms. The number of aromatic amines is 1. The molecule has 6 rings (SSSR count). The van der Waals surface area contributed by atoms with Crippen molar-refractivity contribution in [3.8, 4) is 11.3 Å². The van der Waals surface area contributed by atoms with Gasteiger partial charge in [0.05, 0.1) is 5.69 Å². The molecule has 0 saturated carbocycles. The Morgan fingerprint density at radius 1 is 1.08 bits per heavy atom. The van der Waals surface area contributed by atoms with Crippen molar-refractivity contribution in [2.45, 2.75) is 71.1 Å². The zero-order valence-electron chi connectivity index (χ0n) is 22.9. The molecule has 2 saturated heterocycles. The van der Waals surface area contributed by atoms with Crippen LogP contribution in [0.2, 0.25) is 0 Å². The number of pyridine rings is 1. The van der Waals surface area contributed by atoms with E-state index in [0.29, 0.717) is 24.2 Å². The van der Waals surface area contributed by atoms with Gasteiger partial charge in [-0.3, -0.25) is 4.79 Å². The van der Waals surface area contributed by atoms with Gasteiger partial charge in [0, 0.05) is 48.7 Å². The van der Waals surface area contributed by atoms with Crippen LogP contribution in [0.25, 0.3) is 27.8 Å². The van der Waals surface area contributed by atoms with Crippen LogP contribution in [0.3, 0.4) is 0 Å². The molecule has 2 fully saturated rings. The lowest BCUT2D eigenvalue weighted by molar-refractivity contribution is -0.132. The minimum atomic E-state index is 0.330. The predicted octanol–water partition coefficient (Wildman–Crippen LogP) is 5.29. The Labute approximate surface area is 224 Å². The fraction of sp³-hybridized carbons (Fsp3) is 0.533. The average Bonchev–Trinajstić information content (AvgIpc) is 3.57. The predicted molar refractivity (Wildman–Crippen MR) is 150 cm³/mol. The molecule has 5 heterocycles. The minimum absolute atomic E-state index is 0.330. The summed E-state index contributed by atoms with van der Waals surface area (Å²) in [5.74, 6) is 1.18. The highest BCUT2D eigenvalue weighted by atomic mass is 16.2. The Hall–Kier alpha value is -3.26. The van der Waals surface area contributed by atoms with Crippen molar-refractivity contribution in [2.75, 3.05) is 32.7 Å². The number of tetrazole rings is 1. The molecule has 0 aliphatic carbocycles. The standard InChI is InChI=1S/C30H39N7O/c1-20(2)28-25-18-23(22-9-15-36(16-10-22)27(38)11-14-35-12-5-4-6-13-35)7-8-26(25)31-29(28)24-17-21(3)30-32-33-34-37(30)19-24/h7-8,17-20,22,31H,4-6,9-16H2,1-3H3. The van der Waals surface area contributed by atoms with Gasteiger partial charge in [-0.15, -0.1) is 5.10 Å². The zero-order chi connectivity index (χ0) is 26.2. The second-order valence-corrected chi connectivity index (χ2v) is 11.5. The Kier molecular flexibility index (Phi) is 6.91. The number of likely N-dealkylation sites (tertiary alicyclic amines) is 2. The number of fused-ring (bicyclic) bond motifs is 2. The normalized spacial score (nSPS) is 17.7. The molecule has 0 radical (unpaired) electrons. The number of H-pyrrole nitrogens is 1. The Balaban J connectivity index is 1.19. The van der Waals surface area contributed by atoms with Crippen molar-refractivity contribution >= 4 is 22.5 Å². The third-order valence-corrected chi connectivity index (χ3v) is 8.62. The van der Waals surface area contributed by atoms with Gasteiger partial charge in [-0.2, -0.15) is 4.52 Å². The molecule has 8 heteroatoms. The lowest BCUT2D eigenvalue weighted by Gasteiger charge is -2.33. The second-order valence-electron chi connectivity index (χ2n) is 11.5. The van der Waals surface area contributed by atoms with Gasteiger partial charge in [-0.25, -0.2) is 0 Å². The Morgan fingerprint density at radius 2 is 1.87 bits per heavy atom. The molecule has 0 atom stereocenters. The fourth-order valence-corrected chi connectivity index (χ4v) is 6.51. The van der Waals surface area contributed by atoms with Gasteiger partial charge in [0.15, 0.2) is 5.65 Å². The van der Waals surface area contributed by atoms with E-state index in [0.717, 1.165) is 73.6 Å². The number of nitrogens with one attached hydrogen (secondary N) is 1. The molecular formula is C30H39N7O. The molecule has 1 amide bonds. The van der Waals surface area contributed by atoms with E-state index < -0.39 is 0 Å². The Bertz CT molecular complexity index is 1440. The van der Waals surface area contributed by atoms with Crippen LogP contribution < -0.4 is 0 Å². The third-order valence-electron chi connectivity index (χ3n) is 8.62. The molecule has 1 N–H and O–H groups in total. The summed E-state index contributed by atoms with van der Waals surface area (Å²) in [6.45, 7) is 11.5. The lowest BCUT2D eigenvalue weighted by Crippen LogP contribution is -2.40. The molecule has 8 nitrogen and oxygen atoms in total. The number of piperidine rings is 2. The highest BCUT2D eigenvalue weighted by Gasteiger charge is 2.25. The molecule has 4 aromatic rings. The zero-order valence-corrected chi connectivity index (χ0v) is 22.9. The van der Waals surface area contributed by atoms with Crippen molar-refractivity contribution in [3.05, 3.63) is 47.2 Å². The largest absolute Gasteiger partial charge is 0.354 e. The Morgan fingerprint density at radius 3 is 2.63 bits per heavy atom. The topological polar surface area (TPSA) is 82.4 Å². The number of benzene rings is 1. The van der Waals surface area contributed by atoms with Crippen molar-refractivity contribution in [3.63, 3.8) is 0 Å². The van der Waals surface area contributed by atoms with Crippen LogP contribution in [0.5, 0.6) is 0 Å². The van der Waals surface area contributed by atoms with Crippen LogP contribution in [0, 0.1) is 6.92 Å². The van der Waals surface area contributed by atoms with Crippen LogP contribution in [-0.2, 0) is 4.79 Å². The van der Waals surface area contributed by atoms with Gasteiger partial charge < -0.3 is 14.8 Å². The van der Waals surface area contributed by atoms with Crippen molar-refractivity contribution in [1.29, 1.82) is 0 Å². The molecule has 0 unspecified atom stereocenters. The van der Waals surface area contributed by atoms with Gasteiger partial charge in [0.25, 0.3) is 0 Å². The highest BCUT2D eigenvalue weighted by molar-refractivity contribution is 5.92. The molecule has 2 aliphatic heterocycles. The van der Waals surface area contributed by atoms with Gasteiger partial charge >= 0.3 is 0 Å². The molecule has 1 aromatic carbocycles. The smallest absolute Gasteiger partial charge is 0.223 e. The van der Waals surface area contributed by atoms with Crippen LogP contribution in [-0.4, -0.2) is 73.5 Å². The maximum absolute atomic E-state index is 12.9. The van der Waals surface area contributed by atoms with E-state index in [1.165, 1.54) is 35.8 Å². The highest BCUT2D eigenvalue weighted by Crippen LogP contribution is 2.38. The maximum atomic E-state index is 12.9. The molecule has 2 aliphatic rings. The average molecular weight is 514 g/mol. The number of carbonyl (C=O) groups excluding carboxylic acids is 1. The summed E-state index contributed by atoms with van der Waals surface area (Å²) < 4.78 is 1.76. The van der Waals surface area contributed by atoms with Crippen molar-refractivity contribution < 1.29 is 4.79 Å². The van der Waals surface area contributed by atoms with Crippen LogP contribution in [0.4, 0.5) is 0 Å². The summed E-state index contributed by atoms with van der Waals surface area (Å²) >= 11 is 0. The van der Waals surface area contributed by atoms with Gasteiger partial charge in [-0.05, 0) is 103 Å². The summed E-state index contributed by atoms with van der Waals surface area (Å²) in [6, 6.07) is 9.08. The first kappa shape index (κ1) is 25.0. The molecular weight excluding hydrogens is 474 g/mol. The number of hydrogen-bond acceptors (Lipinski definition) is 5. The number of nitrogens with zero attached hydrogens (tertiary/aromatic N) is 6. The summed E-state index contributed by atoms with van der Waals surface area (Å²) in [7, 11) is 0. The molecule has 3 aromatic heterocycles. The van der Waals surface area contributed by atoms with Gasteiger partial charge in [0.2, 0.25) is 5.91 Å². The maximum Gasteiger partial charge on any atom is 0.223 e. The van der Waals surface area contributed by atoms with Crippen molar-refractivity contribution in [1.82, 2.24) is 34.8 Å². The van der Waals surface area contributed by atoms with Gasteiger partial charge in [0.1, 0.15) is 0 Å². The first-order valence-corrected chi connectivity index (χ1v) is 14.3. The quantitative estimate of drug-likeness (QED) is 0.379. The number of aryl methyl sites for hydroxylation is 1. The van der Waals surface area contributed by atoms with Crippen LogP contribution >= 0.6 is 0 Å².